The van der Waals surface area contributed by atoms with Crippen molar-refractivity contribution in [2.45, 2.75) is 63.4 Å². The summed E-state index contributed by atoms with van der Waals surface area (Å²) in [5.41, 5.74) is 4.28. The molecule has 4 aromatic heterocycles. The Balaban J connectivity index is 1.14. The summed E-state index contributed by atoms with van der Waals surface area (Å²) in [6.45, 7) is 3.41. The van der Waals surface area contributed by atoms with Gasteiger partial charge in [0.25, 0.3) is 5.56 Å². The van der Waals surface area contributed by atoms with Gasteiger partial charge < -0.3 is 25.8 Å². The second kappa shape index (κ2) is 13.8. The molecule has 1 aromatic carbocycles. The number of carbonyl (C=O) groups excluding carboxylic acids is 1. The van der Waals surface area contributed by atoms with Crippen molar-refractivity contribution in [3.05, 3.63) is 86.6 Å². The standard InChI is InChI=1S/C36H38Cl2N8O4/c1-36(49)14-23(15-36)41-18-29-44-46-19-21(13-28(46)35(48)45(29)2)33-32(38)25(11-12-40-33)24-5-4-6-26(31(24)37)27-9-7-20(34(43-27)50-3)16-39-17-22-8-10-30(47)42-22/h4-7,9,11-13,19,22-23,39,41,49H,8,10,14-18H2,1-3H3,(H,42,47)/t22-,23?,36?/m1/s1. The van der Waals surface area contributed by atoms with Gasteiger partial charge in [0.05, 0.1) is 40.7 Å². The van der Waals surface area contributed by atoms with Crippen molar-refractivity contribution in [1.82, 2.24) is 40.1 Å². The second-order valence-corrected chi connectivity index (χ2v) is 14.1. The molecule has 1 atom stereocenters. The number of aromatic nitrogens is 5. The Kier molecular flexibility index (Phi) is 9.40. The molecule has 5 heterocycles. The van der Waals surface area contributed by atoms with Crippen LogP contribution in [0.15, 0.2) is 59.7 Å². The maximum atomic E-state index is 13.3. The van der Waals surface area contributed by atoms with E-state index in [0.29, 0.717) is 99.8 Å². The number of fused-ring (bicyclic) bond motifs is 1. The van der Waals surface area contributed by atoms with E-state index < -0.39 is 5.60 Å². The molecule has 2 fully saturated rings. The molecule has 14 heteroatoms. The quantitative estimate of drug-likeness (QED) is 0.155. The summed E-state index contributed by atoms with van der Waals surface area (Å²) in [7, 11) is 3.28. The van der Waals surface area contributed by atoms with Crippen LogP contribution in [0.5, 0.6) is 5.88 Å². The molecule has 0 unspecified atom stereocenters. The summed E-state index contributed by atoms with van der Waals surface area (Å²) < 4.78 is 8.73. The summed E-state index contributed by atoms with van der Waals surface area (Å²) in [6.07, 6.45) is 6.11. The van der Waals surface area contributed by atoms with E-state index in [9.17, 15) is 14.7 Å². The van der Waals surface area contributed by atoms with Crippen LogP contribution in [0, 0.1) is 0 Å². The van der Waals surface area contributed by atoms with Crippen molar-refractivity contribution < 1.29 is 14.6 Å². The zero-order valence-corrected chi connectivity index (χ0v) is 29.5. The predicted octanol–water partition coefficient (Wildman–Crippen LogP) is 4.51. The van der Waals surface area contributed by atoms with E-state index in [2.05, 4.69) is 20.9 Å². The van der Waals surface area contributed by atoms with E-state index in [1.807, 2.05) is 37.3 Å². The molecule has 5 aromatic rings. The Morgan fingerprint density at radius 3 is 2.60 bits per heavy atom. The van der Waals surface area contributed by atoms with Crippen LogP contribution in [0.1, 0.15) is 44.0 Å². The maximum absolute atomic E-state index is 13.3. The van der Waals surface area contributed by atoms with Gasteiger partial charge >= 0.3 is 0 Å². The first-order valence-corrected chi connectivity index (χ1v) is 17.3. The lowest BCUT2D eigenvalue weighted by Gasteiger charge is -2.41. The van der Waals surface area contributed by atoms with Crippen molar-refractivity contribution in [1.29, 1.82) is 0 Å². The number of benzene rings is 1. The lowest BCUT2D eigenvalue weighted by Crippen LogP contribution is -2.51. The zero-order chi connectivity index (χ0) is 35.2. The number of nitrogens with one attached hydrogen (secondary N) is 3. The molecule has 2 aliphatic rings. The predicted molar refractivity (Wildman–Crippen MR) is 192 cm³/mol. The van der Waals surface area contributed by atoms with Crippen molar-refractivity contribution in [3.63, 3.8) is 0 Å². The highest BCUT2D eigenvalue weighted by Crippen LogP contribution is 2.42. The molecule has 0 bridgehead atoms. The Morgan fingerprint density at radius 1 is 1.08 bits per heavy atom. The van der Waals surface area contributed by atoms with Gasteiger partial charge in [0, 0.05) is 78.9 Å². The Morgan fingerprint density at radius 2 is 1.86 bits per heavy atom. The number of carbonyl (C=O) groups is 1. The number of halogens is 2. The number of aliphatic hydroxyl groups is 1. The number of hydrogen-bond donors (Lipinski definition) is 4. The Labute approximate surface area is 298 Å². The van der Waals surface area contributed by atoms with Crippen LogP contribution in [0.25, 0.3) is 39.2 Å². The van der Waals surface area contributed by atoms with E-state index in [-0.39, 0.29) is 23.6 Å². The molecule has 1 saturated carbocycles. The van der Waals surface area contributed by atoms with E-state index in [0.717, 1.165) is 12.0 Å². The molecule has 1 amide bonds. The Bertz CT molecular complexity index is 2160. The van der Waals surface area contributed by atoms with Crippen LogP contribution in [0.4, 0.5) is 0 Å². The topological polar surface area (TPSA) is 148 Å². The first-order valence-electron chi connectivity index (χ1n) is 16.5. The monoisotopic (exact) mass is 716 g/mol. The SMILES string of the molecule is COc1nc(-c2cccc(-c3ccnc(-c4cc5c(=O)n(C)c(CNC6CC(C)(O)C6)nn5c4)c3Cl)c2Cl)ccc1CNC[C@H]1CCC(=O)N1. The highest BCUT2D eigenvalue weighted by molar-refractivity contribution is 6.39. The van der Waals surface area contributed by atoms with E-state index in [1.165, 1.54) is 4.57 Å². The zero-order valence-electron chi connectivity index (χ0n) is 28.0. The smallest absolute Gasteiger partial charge is 0.277 e. The molecule has 12 nitrogen and oxygen atoms in total. The minimum absolute atomic E-state index is 0.0890. The average Bonchev–Trinajstić information content (AvgIpc) is 3.71. The van der Waals surface area contributed by atoms with Gasteiger partial charge in [-0.05, 0) is 44.4 Å². The van der Waals surface area contributed by atoms with Crippen molar-refractivity contribution in [3.8, 4) is 39.5 Å². The largest absolute Gasteiger partial charge is 0.481 e. The van der Waals surface area contributed by atoms with Crippen LogP contribution >= 0.6 is 23.2 Å². The summed E-state index contributed by atoms with van der Waals surface area (Å²) in [5, 5.41) is 25.3. The normalized spacial score (nSPS) is 20.2. The minimum atomic E-state index is -0.645. The van der Waals surface area contributed by atoms with Crippen LogP contribution in [-0.2, 0) is 24.9 Å². The third-order valence-corrected chi connectivity index (χ3v) is 10.3. The highest BCUT2D eigenvalue weighted by atomic mass is 35.5. The third-order valence-electron chi connectivity index (χ3n) is 9.51. The number of rotatable bonds is 11. The van der Waals surface area contributed by atoms with Crippen molar-refractivity contribution in [2.24, 2.45) is 7.05 Å². The van der Waals surface area contributed by atoms with Crippen molar-refractivity contribution in [2.75, 3.05) is 13.7 Å². The fourth-order valence-electron chi connectivity index (χ4n) is 6.77. The molecule has 0 radical (unpaired) electrons. The van der Waals surface area contributed by atoms with Gasteiger partial charge in [-0.1, -0.05) is 47.5 Å². The third kappa shape index (κ3) is 6.73. The van der Waals surface area contributed by atoms with Gasteiger partial charge in [-0.2, -0.15) is 5.10 Å². The van der Waals surface area contributed by atoms with Gasteiger partial charge in [0.2, 0.25) is 11.8 Å². The van der Waals surface area contributed by atoms with Crippen molar-refractivity contribution >= 4 is 34.6 Å². The van der Waals surface area contributed by atoms with Crippen LogP contribution in [-0.4, -0.2) is 66.5 Å². The number of nitrogens with zero attached hydrogens (tertiary/aromatic N) is 5. The number of ether oxygens (including phenoxy) is 1. The molecule has 1 aliphatic heterocycles. The summed E-state index contributed by atoms with van der Waals surface area (Å²) >= 11 is 14.1. The van der Waals surface area contributed by atoms with Crippen LogP contribution in [0.2, 0.25) is 10.0 Å². The number of methoxy groups -OCH3 is 1. The molecular formula is C36H38Cl2N8O4. The molecular weight excluding hydrogens is 679 g/mol. The lowest BCUT2D eigenvalue weighted by atomic mass is 9.77. The van der Waals surface area contributed by atoms with Gasteiger partial charge in [-0.25, -0.2) is 9.50 Å². The summed E-state index contributed by atoms with van der Waals surface area (Å²) in [4.78, 5) is 34.2. The Hall–Kier alpha value is -4.33. The molecule has 7 rings (SSSR count). The number of amides is 1. The number of pyridine rings is 2. The average molecular weight is 718 g/mol. The number of hydrogen-bond acceptors (Lipinski definition) is 9. The highest BCUT2D eigenvalue weighted by Gasteiger charge is 2.38. The molecule has 1 saturated heterocycles. The van der Waals surface area contributed by atoms with Gasteiger partial charge in [0.15, 0.2) is 0 Å². The van der Waals surface area contributed by atoms with Gasteiger partial charge in [-0.3, -0.25) is 19.1 Å². The fourth-order valence-corrected chi connectivity index (χ4v) is 7.42. The van der Waals surface area contributed by atoms with Crippen LogP contribution in [0.3, 0.4) is 0 Å². The minimum Gasteiger partial charge on any atom is -0.481 e. The first-order chi connectivity index (χ1) is 24.0. The molecule has 4 N–H and O–H groups in total. The lowest BCUT2D eigenvalue weighted by molar-refractivity contribution is -0.119. The van der Waals surface area contributed by atoms with E-state index in [4.69, 9.17) is 38.0 Å². The summed E-state index contributed by atoms with van der Waals surface area (Å²) in [5.74, 6) is 1.14. The van der Waals surface area contributed by atoms with Crippen LogP contribution < -0.4 is 26.2 Å². The van der Waals surface area contributed by atoms with E-state index >= 15 is 0 Å². The van der Waals surface area contributed by atoms with Gasteiger partial charge in [-0.15, -0.1) is 0 Å². The molecule has 0 spiro atoms. The molecule has 50 heavy (non-hydrogen) atoms. The second-order valence-electron chi connectivity index (χ2n) is 13.3. The fraction of sp³-hybridized carbons (Fsp3) is 0.361. The molecule has 1 aliphatic carbocycles. The van der Waals surface area contributed by atoms with Gasteiger partial charge in [0.1, 0.15) is 11.3 Å². The van der Waals surface area contributed by atoms with E-state index in [1.54, 1.807) is 43.2 Å². The first kappa shape index (κ1) is 34.1. The summed E-state index contributed by atoms with van der Waals surface area (Å²) in [6, 6.07) is 13.4. The molecule has 260 valence electrons. The maximum Gasteiger partial charge on any atom is 0.277 e.